The highest BCUT2D eigenvalue weighted by Gasteiger charge is 2.35. The van der Waals surface area contributed by atoms with E-state index in [1.807, 2.05) is 35.8 Å². The Hall–Kier alpha value is -2.37. The topological polar surface area (TPSA) is 62.5 Å². The van der Waals surface area contributed by atoms with E-state index in [0.717, 1.165) is 0 Å². The van der Waals surface area contributed by atoms with E-state index < -0.39 is 0 Å². The van der Waals surface area contributed by atoms with Crippen LogP contribution in [-0.2, 0) is 13.0 Å². The molecule has 23 heavy (non-hydrogen) atoms. The molecular formula is C17H22N4O2. The van der Waals surface area contributed by atoms with Gasteiger partial charge in [0.05, 0.1) is 0 Å². The molecule has 0 unspecified atom stereocenters. The summed E-state index contributed by atoms with van der Waals surface area (Å²) in [6, 6.07) is 8.02. The lowest BCUT2D eigenvalue weighted by molar-refractivity contribution is 0.117. The fourth-order valence-corrected chi connectivity index (χ4v) is 3.07. The summed E-state index contributed by atoms with van der Waals surface area (Å²) in [5.41, 5.74) is 2.41. The van der Waals surface area contributed by atoms with E-state index in [0.29, 0.717) is 37.8 Å². The van der Waals surface area contributed by atoms with Crippen LogP contribution in [0.4, 0.5) is 4.79 Å². The number of benzene rings is 1. The minimum atomic E-state index is -0.209. The molecule has 2 aromatic rings. The summed E-state index contributed by atoms with van der Waals surface area (Å²) >= 11 is 0. The van der Waals surface area contributed by atoms with E-state index in [1.165, 1.54) is 11.1 Å². The number of nitrogens with zero attached hydrogens (tertiary/aromatic N) is 4. The molecule has 0 radical (unpaired) electrons. The van der Waals surface area contributed by atoms with Gasteiger partial charge in [-0.1, -0.05) is 24.3 Å². The average Bonchev–Trinajstić information content (AvgIpc) is 3.01. The smallest absolute Gasteiger partial charge is 0.320 e. The summed E-state index contributed by atoms with van der Waals surface area (Å²) in [6.07, 6.45) is 0.699. The Balaban J connectivity index is 1.97. The molecule has 0 saturated carbocycles. The number of rotatable bonds is 3. The maximum absolute atomic E-state index is 12.9. The number of urea groups is 1. The zero-order valence-corrected chi connectivity index (χ0v) is 13.8. The van der Waals surface area contributed by atoms with Gasteiger partial charge in [-0.15, -0.1) is 10.2 Å². The van der Waals surface area contributed by atoms with Crippen molar-refractivity contribution >= 4 is 6.03 Å². The first-order valence-corrected chi connectivity index (χ1v) is 8.06. The number of aromatic nitrogens is 2. The summed E-state index contributed by atoms with van der Waals surface area (Å²) < 4.78 is 5.63. The van der Waals surface area contributed by atoms with Crippen LogP contribution in [0.1, 0.15) is 42.8 Å². The minimum absolute atomic E-state index is 0.0188. The third-order valence-electron chi connectivity index (χ3n) is 4.35. The summed E-state index contributed by atoms with van der Waals surface area (Å²) in [5, 5.41) is 8.09. The number of carbonyl (C=O) groups is 1. The molecule has 6 nitrogen and oxygen atoms in total. The third kappa shape index (κ3) is 2.93. The van der Waals surface area contributed by atoms with E-state index in [-0.39, 0.29) is 12.1 Å². The second-order valence-corrected chi connectivity index (χ2v) is 5.73. The largest absolute Gasteiger partial charge is 0.423 e. The lowest BCUT2D eigenvalue weighted by atomic mass is 9.94. The predicted octanol–water partition coefficient (Wildman–Crippen LogP) is 2.94. The van der Waals surface area contributed by atoms with Gasteiger partial charge >= 0.3 is 6.03 Å². The Labute approximate surface area is 136 Å². The Morgan fingerprint density at radius 2 is 1.96 bits per heavy atom. The summed E-state index contributed by atoms with van der Waals surface area (Å²) in [4.78, 5) is 16.6. The van der Waals surface area contributed by atoms with Crippen molar-refractivity contribution < 1.29 is 9.21 Å². The van der Waals surface area contributed by atoms with Crippen LogP contribution >= 0.6 is 0 Å². The number of aryl methyl sites for hydroxylation is 1. The van der Waals surface area contributed by atoms with Crippen molar-refractivity contribution in [2.75, 3.05) is 13.1 Å². The van der Waals surface area contributed by atoms with Gasteiger partial charge < -0.3 is 14.2 Å². The molecule has 0 aliphatic carbocycles. The average molecular weight is 314 g/mol. The molecule has 6 heteroatoms. The SMILES string of the molecule is CCN(CC)C(=O)N1Cc2ccccc2C[C@H]1c1nnc(C)o1. The van der Waals surface area contributed by atoms with Crippen LogP contribution in [0.2, 0.25) is 0 Å². The van der Waals surface area contributed by atoms with Crippen LogP contribution in [0, 0.1) is 6.92 Å². The van der Waals surface area contributed by atoms with Crippen molar-refractivity contribution in [2.45, 2.75) is 39.8 Å². The van der Waals surface area contributed by atoms with E-state index in [9.17, 15) is 4.79 Å². The van der Waals surface area contributed by atoms with Crippen molar-refractivity contribution in [1.82, 2.24) is 20.0 Å². The van der Waals surface area contributed by atoms with Gasteiger partial charge in [0.2, 0.25) is 11.8 Å². The first-order valence-electron chi connectivity index (χ1n) is 8.06. The lowest BCUT2D eigenvalue weighted by Crippen LogP contribution is -2.46. The maximum Gasteiger partial charge on any atom is 0.320 e. The van der Waals surface area contributed by atoms with Crippen molar-refractivity contribution in [2.24, 2.45) is 0 Å². The van der Waals surface area contributed by atoms with Gasteiger partial charge in [0.15, 0.2) is 0 Å². The minimum Gasteiger partial charge on any atom is -0.423 e. The van der Waals surface area contributed by atoms with E-state index in [1.54, 1.807) is 6.92 Å². The van der Waals surface area contributed by atoms with Crippen molar-refractivity contribution in [3.8, 4) is 0 Å². The van der Waals surface area contributed by atoms with Gasteiger partial charge in [-0.2, -0.15) is 0 Å². The fraction of sp³-hybridized carbons (Fsp3) is 0.471. The standard InChI is InChI=1S/C17H22N4O2/c1-4-20(5-2)17(22)21-11-14-9-7-6-8-13(14)10-15(21)16-19-18-12(3)23-16/h6-9,15H,4-5,10-11H2,1-3H3/t15-/m0/s1. The molecule has 3 rings (SSSR count). The Morgan fingerprint density at radius 3 is 2.57 bits per heavy atom. The zero-order valence-electron chi connectivity index (χ0n) is 13.8. The number of carbonyl (C=O) groups excluding carboxylic acids is 1. The van der Waals surface area contributed by atoms with Crippen molar-refractivity contribution in [1.29, 1.82) is 0 Å². The predicted molar refractivity (Wildman–Crippen MR) is 85.8 cm³/mol. The fourth-order valence-electron chi connectivity index (χ4n) is 3.07. The van der Waals surface area contributed by atoms with Gasteiger partial charge in [-0.25, -0.2) is 4.79 Å². The van der Waals surface area contributed by atoms with Crippen LogP contribution in [0.5, 0.6) is 0 Å². The summed E-state index contributed by atoms with van der Waals surface area (Å²) in [5.74, 6) is 1.03. The van der Waals surface area contributed by atoms with Gasteiger partial charge in [-0.05, 0) is 25.0 Å². The van der Waals surface area contributed by atoms with Crippen LogP contribution in [-0.4, -0.2) is 39.1 Å². The molecule has 0 N–H and O–H groups in total. The Kier molecular flexibility index (Phi) is 4.32. The molecule has 0 bridgehead atoms. The van der Waals surface area contributed by atoms with E-state index in [2.05, 4.69) is 22.3 Å². The third-order valence-corrected chi connectivity index (χ3v) is 4.35. The summed E-state index contributed by atoms with van der Waals surface area (Å²) in [6.45, 7) is 7.68. The van der Waals surface area contributed by atoms with E-state index >= 15 is 0 Å². The van der Waals surface area contributed by atoms with Crippen molar-refractivity contribution in [3.63, 3.8) is 0 Å². The first-order chi connectivity index (χ1) is 11.1. The lowest BCUT2D eigenvalue weighted by Gasteiger charge is -2.37. The molecule has 0 fully saturated rings. The molecule has 1 atom stereocenters. The highest BCUT2D eigenvalue weighted by atomic mass is 16.4. The highest BCUT2D eigenvalue weighted by molar-refractivity contribution is 5.75. The second-order valence-electron chi connectivity index (χ2n) is 5.73. The molecule has 0 spiro atoms. The van der Waals surface area contributed by atoms with Gasteiger partial charge in [0.1, 0.15) is 6.04 Å². The number of amides is 2. The van der Waals surface area contributed by atoms with E-state index in [4.69, 9.17) is 4.42 Å². The number of fused-ring (bicyclic) bond motifs is 1. The molecule has 1 aromatic heterocycles. The summed E-state index contributed by atoms with van der Waals surface area (Å²) in [7, 11) is 0. The molecule has 1 aliphatic heterocycles. The Morgan fingerprint density at radius 1 is 1.26 bits per heavy atom. The van der Waals surface area contributed by atoms with Crippen LogP contribution in [0.15, 0.2) is 28.7 Å². The van der Waals surface area contributed by atoms with Crippen molar-refractivity contribution in [3.05, 3.63) is 47.2 Å². The number of hydrogen-bond donors (Lipinski definition) is 0. The highest BCUT2D eigenvalue weighted by Crippen LogP contribution is 2.33. The maximum atomic E-state index is 12.9. The second kappa shape index (κ2) is 6.40. The molecule has 1 aliphatic rings. The van der Waals surface area contributed by atoms with Crippen LogP contribution in [0.3, 0.4) is 0 Å². The monoisotopic (exact) mass is 314 g/mol. The number of hydrogen-bond acceptors (Lipinski definition) is 4. The van der Waals surface area contributed by atoms with Crippen LogP contribution < -0.4 is 0 Å². The van der Waals surface area contributed by atoms with Gasteiger partial charge in [0, 0.05) is 33.0 Å². The van der Waals surface area contributed by atoms with Crippen LogP contribution in [0.25, 0.3) is 0 Å². The zero-order chi connectivity index (χ0) is 16.4. The Bertz CT molecular complexity index is 693. The normalized spacial score (nSPS) is 17.0. The quantitative estimate of drug-likeness (QED) is 0.874. The van der Waals surface area contributed by atoms with Gasteiger partial charge in [0.25, 0.3) is 0 Å². The molecule has 2 heterocycles. The molecular weight excluding hydrogens is 292 g/mol. The molecule has 122 valence electrons. The molecule has 1 aromatic carbocycles. The first kappa shape index (κ1) is 15.5. The molecule has 2 amide bonds. The molecule has 0 saturated heterocycles. The van der Waals surface area contributed by atoms with Gasteiger partial charge in [-0.3, -0.25) is 0 Å².